The SMILES string of the molecule is O=P(c1ccccc1)(c1ccccc1)c1ccc2ccc3c(-c4ccc(-c5ccc6c(c5)c5ccccc5c5nc7ccccc7n65)cc4)ccc4ccc1c2c43.O=P(c1ccccc1)(c1ccccc1)c1cccc2c(-c3ccc(-c4ccc5c(c4)c4ccccc4c4nc6ccccc6n54)cc3)cccc12. The minimum absolute atomic E-state index is 0.837. The molecule has 4 heterocycles. The topological polar surface area (TPSA) is 68.7 Å². The molecule has 0 aliphatic heterocycles. The number of hydrogen-bond donors (Lipinski definition) is 0. The van der Waals surface area contributed by atoms with Crippen molar-refractivity contribution < 1.29 is 9.13 Å². The number of pyridine rings is 2. The Kier molecular flexibility index (Phi) is 14.7. The van der Waals surface area contributed by atoms with Gasteiger partial charge in [0.2, 0.25) is 0 Å². The Hall–Kier alpha value is -13.3. The molecule has 506 valence electrons. The maximum atomic E-state index is 15.6. The average Bonchev–Trinajstić information content (AvgIpc) is 1.01. The van der Waals surface area contributed by atoms with Crippen molar-refractivity contribution in [1.29, 1.82) is 0 Å². The monoisotopic (exact) mass is 1410 g/mol. The molecular formula is C100H64N4O2P2. The fraction of sp³-hybridized carbons (Fsp3) is 0. The van der Waals surface area contributed by atoms with Crippen molar-refractivity contribution in [3.8, 4) is 44.5 Å². The molecule has 0 aliphatic carbocycles. The molecule has 8 heteroatoms. The van der Waals surface area contributed by atoms with Crippen molar-refractivity contribution in [3.63, 3.8) is 0 Å². The van der Waals surface area contributed by atoms with E-state index in [-0.39, 0.29) is 0 Å². The maximum absolute atomic E-state index is 15.6. The lowest BCUT2D eigenvalue weighted by atomic mass is 9.89. The zero-order valence-electron chi connectivity index (χ0n) is 58.5. The first-order valence-corrected chi connectivity index (χ1v) is 40.1. The first-order chi connectivity index (χ1) is 53.3. The summed E-state index contributed by atoms with van der Waals surface area (Å²) in [7, 11) is -6.34. The van der Waals surface area contributed by atoms with Crippen LogP contribution < -0.4 is 31.8 Å². The van der Waals surface area contributed by atoms with E-state index in [2.05, 4.69) is 258 Å². The second-order valence-corrected chi connectivity index (χ2v) is 33.6. The zero-order chi connectivity index (χ0) is 71.6. The molecule has 0 fully saturated rings. The number of rotatable bonds is 10. The predicted molar refractivity (Wildman–Crippen MR) is 457 cm³/mol. The van der Waals surface area contributed by atoms with Crippen LogP contribution in [0.3, 0.4) is 0 Å². The van der Waals surface area contributed by atoms with Gasteiger partial charge in [-0.1, -0.05) is 334 Å². The highest BCUT2D eigenvalue weighted by molar-refractivity contribution is 7.86. The van der Waals surface area contributed by atoms with E-state index in [1.807, 2.05) is 140 Å². The Bertz CT molecular complexity index is 7380. The minimum atomic E-state index is -3.19. The molecule has 0 radical (unpaired) electrons. The average molecular weight is 1420 g/mol. The van der Waals surface area contributed by atoms with Gasteiger partial charge in [0.15, 0.2) is 14.3 Å². The Labute approximate surface area is 622 Å². The second-order valence-electron chi connectivity index (χ2n) is 28.1. The van der Waals surface area contributed by atoms with Gasteiger partial charge in [0.25, 0.3) is 0 Å². The van der Waals surface area contributed by atoms with E-state index in [0.717, 1.165) is 142 Å². The van der Waals surface area contributed by atoms with Gasteiger partial charge in [-0.05, 0) is 153 Å². The lowest BCUT2D eigenvalue weighted by Crippen LogP contribution is -2.25. The normalized spacial score (nSPS) is 12.1. The van der Waals surface area contributed by atoms with Gasteiger partial charge in [0.05, 0.1) is 33.1 Å². The van der Waals surface area contributed by atoms with Crippen LogP contribution in [0, 0.1) is 0 Å². The smallest absolute Gasteiger partial charge is 0.171 e. The molecule has 0 bridgehead atoms. The summed E-state index contributed by atoms with van der Waals surface area (Å²) in [4.78, 5) is 10.1. The van der Waals surface area contributed by atoms with Crippen molar-refractivity contribution in [2.75, 3.05) is 0 Å². The van der Waals surface area contributed by atoms with E-state index < -0.39 is 14.3 Å². The molecule has 0 unspecified atom stereocenters. The fourth-order valence-electron chi connectivity index (χ4n) is 17.2. The lowest BCUT2D eigenvalue weighted by molar-refractivity contribution is 0.592. The number of nitrogens with zero attached hydrogens (tertiary/aromatic N) is 4. The highest BCUT2D eigenvalue weighted by Gasteiger charge is 2.34. The van der Waals surface area contributed by atoms with Crippen LogP contribution in [0.5, 0.6) is 0 Å². The van der Waals surface area contributed by atoms with E-state index in [1.165, 1.54) is 54.4 Å². The Morgan fingerprint density at radius 1 is 0.213 bits per heavy atom. The maximum Gasteiger partial charge on any atom is 0.171 e. The third-order valence-electron chi connectivity index (χ3n) is 22.3. The van der Waals surface area contributed by atoms with Crippen LogP contribution in [-0.4, -0.2) is 18.8 Å². The van der Waals surface area contributed by atoms with Crippen LogP contribution >= 0.6 is 14.3 Å². The molecule has 0 spiro atoms. The first kappa shape index (κ1) is 63.2. The molecule has 22 rings (SSSR count). The Morgan fingerprint density at radius 2 is 0.565 bits per heavy atom. The summed E-state index contributed by atoms with van der Waals surface area (Å²) in [6.45, 7) is 0. The quantitative estimate of drug-likeness (QED) is 0.101. The van der Waals surface area contributed by atoms with Crippen LogP contribution in [0.25, 0.3) is 164 Å². The van der Waals surface area contributed by atoms with Gasteiger partial charge < -0.3 is 9.13 Å². The number of fused-ring (bicyclic) bond motifs is 17. The number of para-hydroxylation sites is 4. The van der Waals surface area contributed by atoms with Crippen molar-refractivity contribution in [2.24, 2.45) is 0 Å². The minimum Gasteiger partial charge on any atom is -0.309 e. The van der Waals surface area contributed by atoms with E-state index >= 15 is 9.13 Å². The highest BCUT2D eigenvalue weighted by Crippen LogP contribution is 2.49. The van der Waals surface area contributed by atoms with E-state index in [1.54, 1.807) is 0 Å². The van der Waals surface area contributed by atoms with Crippen LogP contribution in [0.2, 0.25) is 0 Å². The van der Waals surface area contributed by atoms with Gasteiger partial charge in [-0.15, -0.1) is 0 Å². The van der Waals surface area contributed by atoms with Crippen LogP contribution in [0.15, 0.2) is 388 Å². The molecule has 18 aromatic carbocycles. The van der Waals surface area contributed by atoms with E-state index in [0.29, 0.717) is 0 Å². The third kappa shape index (κ3) is 9.88. The van der Waals surface area contributed by atoms with Gasteiger partial charge in [0.1, 0.15) is 11.3 Å². The predicted octanol–water partition coefficient (Wildman–Crippen LogP) is 23.6. The third-order valence-corrected chi connectivity index (χ3v) is 28.5. The van der Waals surface area contributed by atoms with Crippen molar-refractivity contribution >= 4 is 166 Å². The summed E-state index contributed by atoms with van der Waals surface area (Å²) in [5.41, 5.74) is 17.7. The first-order valence-electron chi connectivity index (χ1n) is 36.6. The molecule has 0 atom stereocenters. The molecule has 4 aromatic heterocycles. The van der Waals surface area contributed by atoms with Crippen LogP contribution in [0.1, 0.15) is 0 Å². The van der Waals surface area contributed by atoms with Crippen molar-refractivity contribution in [2.45, 2.75) is 0 Å². The molecule has 108 heavy (non-hydrogen) atoms. The second kappa shape index (κ2) is 25.2. The number of imidazole rings is 2. The molecule has 0 saturated carbocycles. The van der Waals surface area contributed by atoms with Gasteiger partial charge in [0, 0.05) is 53.4 Å². The Balaban J connectivity index is 0.000000139. The van der Waals surface area contributed by atoms with Crippen molar-refractivity contribution in [3.05, 3.63) is 388 Å². The lowest BCUT2D eigenvalue weighted by Gasteiger charge is -2.23. The van der Waals surface area contributed by atoms with Crippen LogP contribution in [0.4, 0.5) is 0 Å². The van der Waals surface area contributed by atoms with Crippen molar-refractivity contribution in [1.82, 2.24) is 18.8 Å². The zero-order valence-corrected chi connectivity index (χ0v) is 60.2. The molecular weight excluding hydrogens is 1350 g/mol. The summed E-state index contributed by atoms with van der Waals surface area (Å²) in [5, 5.41) is 21.2. The molecule has 0 amide bonds. The van der Waals surface area contributed by atoms with Gasteiger partial charge in [-0.2, -0.15) is 0 Å². The van der Waals surface area contributed by atoms with Gasteiger partial charge in [-0.3, -0.25) is 8.80 Å². The molecule has 0 saturated heterocycles. The van der Waals surface area contributed by atoms with Gasteiger partial charge in [-0.25, -0.2) is 9.97 Å². The Morgan fingerprint density at radius 3 is 1.06 bits per heavy atom. The van der Waals surface area contributed by atoms with E-state index in [4.69, 9.17) is 9.97 Å². The summed E-state index contributed by atoms with van der Waals surface area (Å²) in [5.74, 6) is 0. The van der Waals surface area contributed by atoms with E-state index in [9.17, 15) is 0 Å². The molecule has 6 nitrogen and oxygen atoms in total. The summed E-state index contributed by atoms with van der Waals surface area (Å²) in [6, 6.07) is 135. The molecule has 22 aromatic rings. The highest BCUT2D eigenvalue weighted by atomic mass is 31.2. The number of benzene rings is 18. The fourth-order valence-corrected chi connectivity index (χ4v) is 22.9. The van der Waals surface area contributed by atoms with Gasteiger partial charge >= 0.3 is 0 Å². The standard InChI is InChI=1S/C53H33N2OP.C47H31N2OP/c56-57(39-11-3-1-4-12-39,40-13-5-2-6-14-40)50-32-27-37-24-29-43-41(28-23-36-25-30-45(50)52(37)51(36)43)35-21-19-34(20-22-35)38-26-31-48-46(33-38)42-15-7-8-16-44(42)53-54-47-17-9-10-18-49(47)55(48)53;50-51(35-13-3-1-4-14-35,36-15-5-2-6-16-36)46-24-12-20-38-37(19-11-21-40(38)46)33-27-25-32(26-28-33)34-29-30-44-42(31-34)39-17-7-8-18-41(39)47-48-43-22-9-10-23-45(43)49(44)47/h1-33H;1-31H. The molecule has 0 aliphatic rings. The number of aromatic nitrogens is 4. The van der Waals surface area contributed by atoms with Crippen LogP contribution in [-0.2, 0) is 9.13 Å². The summed E-state index contributed by atoms with van der Waals surface area (Å²) < 4.78 is 35.6. The number of hydrogen-bond acceptors (Lipinski definition) is 4. The summed E-state index contributed by atoms with van der Waals surface area (Å²) >= 11 is 0. The largest absolute Gasteiger partial charge is 0.309 e. The molecule has 0 N–H and O–H groups in total. The summed E-state index contributed by atoms with van der Waals surface area (Å²) in [6.07, 6.45) is 0.